The average Bonchev–Trinajstić information content (AvgIpc) is 3.34. The van der Waals surface area contributed by atoms with Crippen LogP contribution in [0.15, 0.2) is 42.6 Å². The minimum atomic E-state index is 0.138. The Labute approximate surface area is 164 Å². The number of hydrogen-bond donors (Lipinski definition) is 1. The SMILES string of the molecule is COc1cccc(CC(=O)N2CCC(c3nn(CCN)c4ncccc34)C2)c1. The van der Waals surface area contributed by atoms with Crippen LogP contribution in [0.5, 0.6) is 5.75 Å². The van der Waals surface area contributed by atoms with Gasteiger partial charge in [0, 0.05) is 37.1 Å². The standard InChI is InChI=1S/C21H25N5O2/c1-28-17-5-2-4-15(12-17)13-19(27)25-10-7-16(14-25)20-18-6-3-9-23-21(18)26(24-20)11-8-22/h2-6,9,12,16H,7-8,10-11,13-14,22H2,1H3. The zero-order valence-corrected chi connectivity index (χ0v) is 16.0. The van der Waals surface area contributed by atoms with Crippen molar-refractivity contribution in [1.82, 2.24) is 19.7 Å². The summed E-state index contributed by atoms with van der Waals surface area (Å²) in [6, 6.07) is 11.7. The van der Waals surface area contributed by atoms with Crippen LogP contribution in [0.25, 0.3) is 11.0 Å². The highest BCUT2D eigenvalue weighted by Crippen LogP contribution is 2.31. The highest BCUT2D eigenvalue weighted by molar-refractivity contribution is 5.81. The number of fused-ring (bicyclic) bond motifs is 1. The number of methoxy groups -OCH3 is 1. The molecule has 1 unspecified atom stereocenters. The van der Waals surface area contributed by atoms with Gasteiger partial charge in [0.2, 0.25) is 5.91 Å². The summed E-state index contributed by atoms with van der Waals surface area (Å²) in [5.41, 5.74) is 8.57. The molecule has 0 aliphatic carbocycles. The summed E-state index contributed by atoms with van der Waals surface area (Å²) in [6.07, 6.45) is 3.07. The van der Waals surface area contributed by atoms with Gasteiger partial charge in [-0.1, -0.05) is 12.1 Å². The van der Waals surface area contributed by atoms with Gasteiger partial charge in [0.05, 0.1) is 25.8 Å². The molecule has 28 heavy (non-hydrogen) atoms. The molecule has 2 aromatic heterocycles. The summed E-state index contributed by atoms with van der Waals surface area (Å²) in [5, 5.41) is 5.84. The number of pyridine rings is 1. The normalized spacial score (nSPS) is 16.6. The number of benzene rings is 1. The molecule has 1 amide bonds. The van der Waals surface area contributed by atoms with Gasteiger partial charge in [-0.2, -0.15) is 5.10 Å². The first-order chi connectivity index (χ1) is 13.7. The molecule has 0 radical (unpaired) electrons. The van der Waals surface area contributed by atoms with E-state index in [0.717, 1.165) is 41.0 Å². The highest BCUT2D eigenvalue weighted by atomic mass is 16.5. The lowest BCUT2D eigenvalue weighted by atomic mass is 10.0. The number of amides is 1. The molecular formula is C21H25N5O2. The van der Waals surface area contributed by atoms with E-state index in [2.05, 4.69) is 11.1 Å². The van der Waals surface area contributed by atoms with Crippen LogP contribution in [0.3, 0.4) is 0 Å². The second-order valence-electron chi connectivity index (χ2n) is 7.13. The highest BCUT2D eigenvalue weighted by Gasteiger charge is 2.30. The van der Waals surface area contributed by atoms with Crippen molar-refractivity contribution in [2.45, 2.75) is 25.3 Å². The van der Waals surface area contributed by atoms with Crippen molar-refractivity contribution in [1.29, 1.82) is 0 Å². The van der Waals surface area contributed by atoms with E-state index in [4.69, 9.17) is 15.6 Å². The predicted molar refractivity (Wildman–Crippen MR) is 107 cm³/mol. The number of aromatic nitrogens is 3. The van der Waals surface area contributed by atoms with E-state index >= 15 is 0 Å². The van der Waals surface area contributed by atoms with Crippen molar-refractivity contribution in [2.24, 2.45) is 5.73 Å². The van der Waals surface area contributed by atoms with Gasteiger partial charge in [0.15, 0.2) is 5.65 Å². The molecule has 7 heteroatoms. The maximum absolute atomic E-state index is 12.8. The van der Waals surface area contributed by atoms with Crippen molar-refractivity contribution in [3.8, 4) is 5.75 Å². The number of ether oxygens (including phenoxy) is 1. The second-order valence-corrected chi connectivity index (χ2v) is 7.13. The summed E-state index contributed by atoms with van der Waals surface area (Å²) in [5.74, 6) is 1.13. The monoisotopic (exact) mass is 379 g/mol. The zero-order chi connectivity index (χ0) is 19.5. The third-order valence-electron chi connectivity index (χ3n) is 5.29. The second kappa shape index (κ2) is 7.98. The average molecular weight is 379 g/mol. The molecule has 3 heterocycles. The first kappa shape index (κ1) is 18.4. The topological polar surface area (TPSA) is 86.3 Å². The number of carbonyl (C=O) groups is 1. The summed E-state index contributed by atoms with van der Waals surface area (Å²) in [4.78, 5) is 19.2. The van der Waals surface area contributed by atoms with E-state index in [1.165, 1.54) is 0 Å². The van der Waals surface area contributed by atoms with E-state index in [-0.39, 0.29) is 11.8 Å². The van der Waals surface area contributed by atoms with Gasteiger partial charge < -0.3 is 15.4 Å². The van der Waals surface area contributed by atoms with Crippen molar-refractivity contribution in [2.75, 3.05) is 26.7 Å². The molecule has 0 saturated carbocycles. The number of nitrogens with zero attached hydrogens (tertiary/aromatic N) is 4. The van der Waals surface area contributed by atoms with Gasteiger partial charge in [-0.05, 0) is 36.2 Å². The lowest BCUT2D eigenvalue weighted by molar-refractivity contribution is -0.129. The molecule has 2 N–H and O–H groups in total. The Balaban J connectivity index is 1.49. The lowest BCUT2D eigenvalue weighted by Gasteiger charge is -2.16. The quantitative estimate of drug-likeness (QED) is 0.707. The minimum Gasteiger partial charge on any atom is -0.497 e. The van der Waals surface area contributed by atoms with Crippen molar-refractivity contribution in [3.05, 3.63) is 53.9 Å². The molecule has 7 nitrogen and oxygen atoms in total. The fourth-order valence-corrected chi connectivity index (χ4v) is 3.89. The molecule has 1 fully saturated rings. The maximum atomic E-state index is 12.8. The fourth-order valence-electron chi connectivity index (χ4n) is 3.89. The lowest BCUT2D eigenvalue weighted by Crippen LogP contribution is -2.30. The molecule has 0 spiro atoms. The Bertz CT molecular complexity index is 984. The number of hydrogen-bond acceptors (Lipinski definition) is 5. The third kappa shape index (κ3) is 3.57. The largest absolute Gasteiger partial charge is 0.497 e. The molecular weight excluding hydrogens is 354 g/mol. The van der Waals surface area contributed by atoms with Crippen LogP contribution >= 0.6 is 0 Å². The number of nitrogens with two attached hydrogens (primary N) is 1. The zero-order valence-electron chi connectivity index (χ0n) is 16.0. The fraction of sp³-hybridized carbons (Fsp3) is 0.381. The van der Waals surface area contributed by atoms with Gasteiger partial charge in [0.25, 0.3) is 0 Å². The molecule has 1 aliphatic rings. The Morgan fingerprint density at radius 2 is 2.21 bits per heavy atom. The Morgan fingerprint density at radius 3 is 3.04 bits per heavy atom. The summed E-state index contributed by atoms with van der Waals surface area (Å²) in [6.45, 7) is 2.59. The van der Waals surface area contributed by atoms with E-state index < -0.39 is 0 Å². The van der Waals surface area contributed by atoms with E-state index in [9.17, 15) is 4.79 Å². The smallest absolute Gasteiger partial charge is 0.227 e. The van der Waals surface area contributed by atoms with Crippen LogP contribution in [-0.2, 0) is 17.8 Å². The molecule has 1 aliphatic heterocycles. The Morgan fingerprint density at radius 1 is 1.32 bits per heavy atom. The number of rotatable bonds is 6. The van der Waals surface area contributed by atoms with Crippen molar-refractivity contribution < 1.29 is 9.53 Å². The van der Waals surface area contributed by atoms with Gasteiger partial charge in [0.1, 0.15) is 5.75 Å². The van der Waals surface area contributed by atoms with Gasteiger partial charge in [-0.15, -0.1) is 0 Å². The maximum Gasteiger partial charge on any atom is 0.227 e. The molecule has 3 aromatic rings. The summed E-state index contributed by atoms with van der Waals surface area (Å²) >= 11 is 0. The Kier molecular flexibility index (Phi) is 5.25. The molecule has 4 rings (SSSR count). The molecule has 1 aromatic carbocycles. The summed E-state index contributed by atoms with van der Waals surface area (Å²) < 4.78 is 7.13. The van der Waals surface area contributed by atoms with Crippen LogP contribution in [0.1, 0.15) is 23.6 Å². The molecule has 1 saturated heterocycles. The van der Waals surface area contributed by atoms with E-state index in [1.54, 1.807) is 13.3 Å². The number of carbonyl (C=O) groups excluding carboxylic acids is 1. The predicted octanol–water partition coefficient (Wildman–Crippen LogP) is 1.96. The van der Waals surface area contributed by atoms with Crippen molar-refractivity contribution in [3.63, 3.8) is 0 Å². The van der Waals surface area contributed by atoms with Gasteiger partial charge in [-0.3, -0.25) is 4.79 Å². The molecule has 0 bridgehead atoms. The van der Waals surface area contributed by atoms with Crippen LogP contribution in [0.2, 0.25) is 0 Å². The van der Waals surface area contributed by atoms with Crippen molar-refractivity contribution >= 4 is 16.9 Å². The van der Waals surface area contributed by atoms with E-state index in [0.29, 0.717) is 26.1 Å². The first-order valence-electron chi connectivity index (χ1n) is 9.62. The van der Waals surface area contributed by atoms with E-state index in [1.807, 2.05) is 39.9 Å². The molecule has 1 atom stereocenters. The summed E-state index contributed by atoms with van der Waals surface area (Å²) in [7, 11) is 1.63. The third-order valence-corrected chi connectivity index (χ3v) is 5.29. The minimum absolute atomic E-state index is 0.138. The Hall–Kier alpha value is -2.93. The van der Waals surface area contributed by atoms with Crippen LogP contribution in [-0.4, -0.2) is 52.3 Å². The number of likely N-dealkylation sites (tertiary alicyclic amines) is 1. The van der Waals surface area contributed by atoms with Gasteiger partial charge in [-0.25, -0.2) is 9.67 Å². The molecule has 146 valence electrons. The first-order valence-corrected chi connectivity index (χ1v) is 9.62. The van der Waals surface area contributed by atoms with Crippen LogP contribution in [0, 0.1) is 0 Å². The van der Waals surface area contributed by atoms with Crippen LogP contribution in [0.4, 0.5) is 0 Å². The van der Waals surface area contributed by atoms with Crippen LogP contribution < -0.4 is 10.5 Å². The van der Waals surface area contributed by atoms with Gasteiger partial charge >= 0.3 is 0 Å².